The summed E-state index contributed by atoms with van der Waals surface area (Å²) in [4.78, 5) is 46.0. The van der Waals surface area contributed by atoms with Crippen molar-refractivity contribution in [3.63, 3.8) is 0 Å². The molecule has 1 saturated carbocycles. The fourth-order valence-electron chi connectivity index (χ4n) is 4.60. The number of nitrogens with zero attached hydrogens (tertiary/aromatic N) is 4. The fourth-order valence-corrected chi connectivity index (χ4v) is 4.83. The second-order valence-corrected chi connectivity index (χ2v) is 8.17. The molecule has 0 saturated heterocycles. The molecule has 0 amide bonds. The van der Waals surface area contributed by atoms with E-state index in [0.717, 1.165) is 0 Å². The second kappa shape index (κ2) is 8.52. The Morgan fingerprint density at radius 1 is 1.39 bits per heavy atom. The van der Waals surface area contributed by atoms with E-state index in [1.807, 2.05) is 6.07 Å². The van der Waals surface area contributed by atoms with Crippen LogP contribution in [0.1, 0.15) is 65.6 Å². The smallest absolute Gasteiger partial charge is 0.287 e. The molecule has 160 valence electrons. The van der Waals surface area contributed by atoms with Crippen LogP contribution in [-0.4, -0.2) is 26.5 Å². The molecule has 0 spiro atoms. The standard InChI is InChI=1S/C22H21ClN4O4/c1-4-22(18-12(2)7-8-16(27(30)31)15(18)11-24)9-5-6-14(20(22)29)19(28)21-25-13(3)10-17(23)26-21/h7-8,10,14H,4-6,9H2,1-3H3. The molecule has 0 bridgehead atoms. The Bertz CT molecular complexity index is 1120. The summed E-state index contributed by atoms with van der Waals surface area (Å²) in [6.07, 6.45) is 1.58. The SMILES string of the molecule is CCC1(c2c(C)ccc([N+](=O)[O-])c2C#N)CCCC(C(=O)c2nc(C)cc(Cl)n2)C1=O. The number of rotatable bonds is 5. The van der Waals surface area contributed by atoms with Crippen molar-refractivity contribution >= 4 is 28.9 Å². The molecule has 2 unspecified atom stereocenters. The minimum absolute atomic E-state index is 0.113. The van der Waals surface area contributed by atoms with Crippen LogP contribution in [0.15, 0.2) is 18.2 Å². The van der Waals surface area contributed by atoms with Crippen LogP contribution in [0.2, 0.25) is 5.15 Å². The lowest BCUT2D eigenvalue weighted by Crippen LogP contribution is -2.47. The first-order valence-corrected chi connectivity index (χ1v) is 10.3. The van der Waals surface area contributed by atoms with Crippen molar-refractivity contribution in [1.82, 2.24) is 9.97 Å². The van der Waals surface area contributed by atoms with Crippen LogP contribution in [-0.2, 0) is 10.2 Å². The molecule has 2 atom stereocenters. The van der Waals surface area contributed by atoms with Gasteiger partial charge in [-0.3, -0.25) is 19.7 Å². The minimum Gasteiger partial charge on any atom is -0.298 e. The third-order valence-electron chi connectivity index (χ3n) is 6.03. The van der Waals surface area contributed by atoms with Gasteiger partial charge in [-0.15, -0.1) is 0 Å². The zero-order valence-electron chi connectivity index (χ0n) is 17.4. The van der Waals surface area contributed by atoms with Crippen LogP contribution in [0.5, 0.6) is 0 Å². The summed E-state index contributed by atoms with van der Waals surface area (Å²) >= 11 is 5.97. The van der Waals surface area contributed by atoms with Gasteiger partial charge in [0.15, 0.2) is 11.6 Å². The summed E-state index contributed by atoms with van der Waals surface area (Å²) < 4.78 is 0. The molecule has 1 aromatic carbocycles. The highest BCUT2D eigenvalue weighted by Crippen LogP contribution is 2.46. The van der Waals surface area contributed by atoms with Gasteiger partial charge in [-0.1, -0.05) is 31.0 Å². The minimum atomic E-state index is -1.17. The van der Waals surface area contributed by atoms with Crippen molar-refractivity contribution < 1.29 is 14.5 Å². The van der Waals surface area contributed by atoms with E-state index >= 15 is 0 Å². The first-order valence-electron chi connectivity index (χ1n) is 9.94. The number of ketones is 2. The van der Waals surface area contributed by atoms with Crippen LogP contribution in [0.3, 0.4) is 0 Å². The van der Waals surface area contributed by atoms with Crippen molar-refractivity contribution in [1.29, 1.82) is 5.26 Å². The predicted octanol–water partition coefficient (Wildman–Crippen LogP) is 4.43. The summed E-state index contributed by atoms with van der Waals surface area (Å²) in [5.41, 5.74) is -0.172. The van der Waals surface area contributed by atoms with Crippen LogP contribution < -0.4 is 0 Å². The Balaban J connectivity index is 2.16. The molecule has 1 heterocycles. The maximum Gasteiger partial charge on any atom is 0.287 e. The topological polar surface area (TPSA) is 127 Å². The number of carbonyl (C=O) groups excluding carboxylic acids is 2. The van der Waals surface area contributed by atoms with Crippen LogP contribution >= 0.6 is 11.6 Å². The van der Waals surface area contributed by atoms with Gasteiger partial charge in [0.2, 0.25) is 5.78 Å². The normalized spacial score (nSPS) is 20.9. The summed E-state index contributed by atoms with van der Waals surface area (Å²) in [5, 5.41) is 21.4. The lowest BCUT2D eigenvalue weighted by molar-refractivity contribution is -0.385. The molecule has 9 heteroatoms. The molecule has 2 aromatic rings. The van der Waals surface area contributed by atoms with Gasteiger partial charge in [0, 0.05) is 11.8 Å². The van der Waals surface area contributed by atoms with E-state index in [-0.39, 0.29) is 28.0 Å². The first kappa shape index (κ1) is 22.5. The van der Waals surface area contributed by atoms with E-state index in [1.165, 1.54) is 12.1 Å². The molecule has 1 aromatic heterocycles. The molecule has 1 aliphatic rings. The van der Waals surface area contributed by atoms with Crippen molar-refractivity contribution in [3.8, 4) is 6.07 Å². The molecule has 0 aliphatic heterocycles. The van der Waals surface area contributed by atoms with Crippen molar-refractivity contribution in [2.75, 3.05) is 0 Å². The van der Waals surface area contributed by atoms with Gasteiger partial charge >= 0.3 is 0 Å². The molecule has 31 heavy (non-hydrogen) atoms. The second-order valence-electron chi connectivity index (χ2n) is 7.79. The Labute approximate surface area is 184 Å². The molecule has 1 fully saturated rings. The van der Waals surface area contributed by atoms with Gasteiger partial charge in [-0.05, 0) is 50.3 Å². The van der Waals surface area contributed by atoms with E-state index in [2.05, 4.69) is 9.97 Å². The summed E-state index contributed by atoms with van der Waals surface area (Å²) in [6, 6.07) is 6.28. The fraction of sp³-hybridized carbons (Fsp3) is 0.409. The zero-order chi connectivity index (χ0) is 22.9. The number of hydrogen-bond acceptors (Lipinski definition) is 7. The lowest BCUT2D eigenvalue weighted by Gasteiger charge is -2.39. The Kier molecular flexibility index (Phi) is 6.18. The summed E-state index contributed by atoms with van der Waals surface area (Å²) in [6.45, 7) is 5.19. The van der Waals surface area contributed by atoms with E-state index in [0.29, 0.717) is 42.5 Å². The molecule has 8 nitrogen and oxygen atoms in total. The molecular formula is C22H21ClN4O4. The van der Waals surface area contributed by atoms with Crippen LogP contribution in [0, 0.1) is 41.2 Å². The number of hydrogen-bond donors (Lipinski definition) is 0. The van der Waals surface area contributed by atoms with E-state index < -0.39 is 22.0 Å². The quantitative estimate of drug-likeness (QED) is 0.221. The van der Waals surface area contributed by atoms with Gasteiger partial charge < -0.3 is 0 Å². The number of nitro benzene ring substituents is 1. The number of aromatic nitrogens is 2. The highest BCUT2D eigenvalue weighted by atomic mass is 35.5. The van der Waals surface area contributed by atoms with Crippen molar-refractivity contribution in [2.45, 2.75) is 51.9 Å². The number of benzene rings is 1. The summed E-state index contributed by atoms with van der Waals surface area (Å²) in [5.74, 6) is -1.99. The predicted molar refractivity (Wildman–Crippen MR) is 113 cm³/mol. The number of nitriles is 1. The number of halogens is 1. The third kappa shape index (κ3) is 3.81. The van der Waals surface area contributed by atoms with E-state index in [1.54, 1.807) is 26.8 Å². The van der Waals surface area contributed by atoms with Gasteiger partial charge in [0.05, 0.1) is 16.3 Å². The monoisotopic (exact) mass is 440 g/mol. The van der Waals surface area contributed by atoms with Crippen LogP contribution in [0.25, 0.3) is 0 Å². The highest BCUT2D eigenvalue weighted by Gasteiger charge is 2.50. The molecule has 0 radical (unpaired) electrons. The molecule has 3 rings (SSSR count). The number of carbonyl (C=O) groups is 2. The highest BCUT2D eigenvalue weighted by molar-refractivity contribution is 6.29. The number of aryl methyl sites for hydroxylation is 2. The van der Waals surface area contributed by atoms with Gasteiger partial charge in [-0.25, -0.2) is 9.97 Å². The average molecular weight is 441 g/mol. The Hall–Kier alpha value is -3.18. The van der Waals surface area contributed by atoms with Crippen molar-refractivity contribution in [2.24, 2.45) is 5.92 Å². The third-order valence-corrected chi connectivity index (χ3v) is 6.22. The van der Waals surface area contributed by atoms with Crippen molar-refractivity contribution in [3.05, 3.63) is 61.7 Å². The molecule has 1 aliphatic carbocycles. The zero-order valence-corrected chi connectivity index (χ0v) is 18.2. The van der Waals surface area contributed by atoms with E-state index in [9.17, 15) is 25.0 Å². The maximum atomic E-state index is 13.8. The van der Waals surface area contributed by atoms with Gasteiger partial charge in [0.1, 0.15) is 16.8 Å². The van der Waals surface area contributed by atoms with Gasteiger partial charge in [0.25, 0.3) is 5.69 Å². The largest absolute Gasteiger partial charge is 0.298 e. The Morgan fingerprint density at radius 2 is 2.10 bits per heavy atom. The first-order chi connectivity index (χ1) is 14.7. The number of Topliss-reactive ketones (excluding diaryl/α,β-unsaturated/α-hetero) is 2. The van der Waals surface area contributed by atoms with Crippen LogP contribution in [0.4, 0.5) is 5.69 Å². The van der Waals surface area contributed by atoms with E-state index in [4.69, 9.17) is 11.6 Å². The van der Waals surface area contributed by atoms with Gasteiger partial charge in [-0.2, -0.15) is 5.26 Å². The maximum absolute atomic E-state index is 13.8. The lowest BCUT2D eigenvalue weighted by atomic mass is 9.60. The number of nitro groups is 1. The Morgan fingerprint density at radius 3 is 2.68 bits per heavy atom. The average Bonchev–Trinajstić information content (AvgIpc) is 2.72. The molecular weight excluding hydrogens is 420 g/mol. The summed E-state index contributed by atoms with van der Waals surface area (Å²) in [7, 11) is 0. The molecule has 0 N–H and O–H groups in total.